The van der Waals surface area contributed by atoms with Gasteiger partial charge in [-0.25, -0.2) is 4.79 Å². The van der Waals surface area contributed by atoms with Crippen molar-refractivity contribution in [1.29, 1.82) is 0 Å². The maximum Gasteiger partial charge on any atom is 0.338 e. The second-order valence-corrected chi connectivity index (χ2v) is 5.36. The van der Waals surface area contributed by atoms with Gasteiger partial charge >= 0.3 is 5.97 Å². The zero-order valence-electron chi connectivity index (χ0n) is 13.5. The minimum absolute atomic E-state index is 0.0619. The first-order valence-corrected chi connectivity index (χ1v) is 7.49. The number of aromatic nitrogens is 1. The van der Waals surface area contributed by atoms with Gasteiger partial charge in [-0.3, -0.25) is 0 Å². The summed E-state index contributed by atoms with van der Waals surface area (Å²) < 4.78 is 15.7. The summed E-state index contributed by atoms with van der Waals surface area (Å²) in [5.74, 6) is 0.998. The summed E-state index contributed by atoms with van der Waals surface area (Å²) in [6.07, 6.45) is 0. The highest BCUT2D eigenvalue weighted by Crippen LogP contribution is 2.23. The van der Waals surface area contributed by atoms with Crippen LogP contribution in [0.3, 0.4) is 0 Å². The van der Waals surface area contributed by atoms with Crippen LogP contribution in [0.4, 0.5) is 0 Å². The summed E-state index contributed by atoms with van der Waals surface area (Å²) in [5, 5.41) is 3.93. The molecule has 3 rings (SSSR count). The highest BCUT2D eigenvalue weighted by molar-refractivity contribution is 5.89. The van der Waals surface area contributed by atoms with Gasteiger partial charge in [-0.15, -0.1) is 0 Å². The van der Waals surface area contributed by atoms with E-state index < -0.39 is 0 Å². The lowest BCUT2D eigenvalue weighted by atomic mass is 10.1. The SMILES string of the molecule is COc1ccc(-c2cc(COC(=O)c3cccc(C)c3)no2)cc1. The van der Waals surface area contributed by atoms with Crippen LogP contribution < -0.4 is 4.74 Å². The van der Waals surface area contributed by atoms with E-state index in [9.17, 15) is 4.79 Å². The maximum absolute atomic E-state index is 12.0. The summed E-state index contributed by atoms with van der Waals surface area (Å²) in [6, 6.07) is 16.5. The zero-order chi connectivity index (χ0) is 16.9. The van der Waals surface area contributed by atoms with Crippen LogP contribution in [-0.2, 0) is 11.3 Å². The molecule has 0 radical (unpaired) electrons. The molecule has 0 amide bonds. The molecule has 0 saturated heterocycles. The Balaban J connectivity index is 1.64. The van der Waals surface area contributed by atoms with E-state index in [-0.39, 0.29) is 12.6 Å². The molecule has 1 aromatic heterocycles. The van der Waals surface area contributed by atoms with Crippen LogP contribution >= 0.6 is 0 Å². The fourth-order valence-corrected chi connectivity index (χ4v) is 2.27. The Morgan fingerprint density at radius 1 is 1.12 bits per heavy atom. The van der Waals surface area contributed by atoms with Crippen LogP contribution in [0.1, 0.15) is 21.6 Å². The molecule has 0 N–H and O–H groups in total. The van der Waals surface area contributed by atoms with Crippen LogP contribution in [0.25, 0.3) is 11.3 Å². The molecule has 0 spiro atoms. The summed E-state index contributed by atoms with van der Waals surface area (Å²) in [4.78, 5) is 12.0. The normalized spacial score (nSPS) is 10.4. The molecule has 122 valence electrons. The first kappa shape index (κ1) is 15.8. The predicted molar refractivity (Wildman–Crippen MR) is 88.8 cm³/mol. The summed E-state index contributed by atoms with van der Waals surface area (Å²) in [5.41, 5.74) is 2.96. The lowest BCUT2D eigenvalue weighted by Gasteiger charge is -2.03. The molecule has 2 aromatic carbocycles. The second kappa shape index (κ2) is 7.00. The van der Waals surface area contributed by atoms with Gasteiger partial charge in [0.2, 0.25) is 0 Å². The van der Waals surface area contributed by atoms with Crippen LogP contribution in [0.2, 0.25) is 0 Å². The number of carbonyl (C=O) groups is 1. The van der Waals surface area contributed by atoms with Gasteiger partial charge < -0.3 is 14.0 Å². The Kier molecular flexibility index (Phi) is 4.61. The van der Waals surface area contributed by atoms with E-state index >= 15 is 0 Å². The predicted octanol–water partition coefficient (Wildman–Crippen LogP) is 4.02. The number of rotatable bonds is 5. The van der Waals surface area contributed by atoms with Gasteiger partial charge in [0.05, 0.1) is 12.7 Å². The van der Waals surface area contributed by atoms with Crippen LogP contribution in [-0.4, -0.2) is 18.2 Å². The second-order valence-electron chi connectivity index (χ2n) is 5.36. The smallest absolute Gasteiger partial charge is 0.338 e. The molecule has 0 atom stereocenters. The fraction of sp³-hybridized carbons (Fsp3) is 0.158. The van der Waals surface area contributed by atoms with Crippen molar-refractivity contribution < 1.29 is 18.8 Å². The average Bonchev–Trinajstić information content (AvgIpc) is 3.09. The molecule has 0 aliphatic heterocycles. The summed E-state index contributed by atoms with van der Waals surface area (Å²) >= 11 is 0. The molecular weight excluding hydrogens is 306 g/mol. The van der Waals surface area contributed by atoms with E-state index in [0.717, 1.165) is 16.9 Å². The van der Waals surface area contributed by atoms with Gasteiger partial charge in [-0.05, 0) is 43.3 Å². The van der Waals surface area contributed by atoms with Gasteiger partial charge in [0.25, 0.3) is 0 Å². The van der Waals surface area contributed by atoms with E-state index in [1.807, 2.05) is 43.3 Å². The number of benzene rings is 2. The molecule has 5 heteroatoms. The van der Waals surface area contributed by atoms with Crippen LogP contribution in [0.15, 0.2) is 59.1 Å². The van der Waals surface area contributed by atoms with Crippen LogP contribution in [0, 0.1) is 6.92 Å². The maximum atomic E-state index is 12.0. The van der Waals surface area contributed by atoms with Gasteiger partial charge in [0, 0.05) is 11.6 Å². The van der Waals surface area contributed by atoms with E-state index in [1.54, 1.807) is 25.3 Å². The number of esters is 1. The number of nitrogens with zero attached hydrogens (tertiary/aromatic N) is 1. The van der Waals surface area contributed by atoms with Crippen molar-refractivity contribution in [2.24, 2.45) is 0 Å². The Morgan fingerprint density at radius 3 is 2.62 bits per heavy atom. The molecule has 0 bridgehead atoms. The van der Waals surface area contributed by atoms with Crippen molar-refractivity contribution in [2.75, 3.05) is 7.11 Å². The lowest BCUT2D eigenvalue weighted by molar-refractivity contribution is 0.0464. The Morgan fingerprint density at radius 2 is 1.92 bits per heavy atom. The molecule has 0 fully saturated rings. The topological polar surface area (TPSA) is 61.6 Å². The van der Waals surface area contributed by atoms with E-state index in [2.05, 4.69) is 5.16 Å². The first-order chi connectivity index (χ1) is 11.7. The average molecular weight is 323 g/mol. The molecule has 0 aliphatic carbocycles. The minimum Gasteiger partial charge on any atom is -0.497 e. The third-order valence-corrected chi connectivity index (χ3v) is 3.54. The molecule has 0 unspecified atom stereocenters. The first-order valence-electron chi connectivity index (χ1n) is 7.49. The molecule has 3 aromatic rings. The summed E-state index contributed by atoms with van der Waals surface area (Å²) in [6.45, 7) is 1.99. The number of hydrogen-bond acceptors (Lipinski definition) is 5. The van der Waals surface area contributed by atoms with Crippen molar-refractivity contribution in [3.05, 3.63) is 71.4 Å². The zero-order valence-corrected chi connectivity index (χ0v) is 13.5. The third kappa shape index (κ3) is 3.63. The number of carbonyl (C=O) groups excluding carboxylic acids is 1. The quantitative estimate of drug-likeness (QED) is 0.664. The number of hydrogen-bond donors (Lipinski definition) is 0. The molecule has 0 aliphatic rings. The monoisotopic (exact) mass is 323 g/mol. The fourth-order valence-electron chi connectivity index (χ4n) is 2.27. The molecule has 24 heavy (non-hydrogen) atoms. The van der Waals surface area contributed by atoms with Crippen molar-refractivity contribution in [1.82, 2.24) is 5.16 Å². The van der Waals surface area contributed by atoms with Gasteiger partial charge in [-0.2, -0.15) is 0 Å². The number of aryl methyl sites for hydroxylation is 1. The third-order valence-electron chi connectivity index (χ3n) is 3.54. The van der Waals surface area contributed by atoms with Crippen molar-refractivity contribution >= 4 is 5.97 Å². The van der Waals surface area contributed by atoms with Crippen LogP contribution in [0.5, 0.6) is 5.75 Å². The van der Waals surface area contributed by atoms with Crippen molar-refractivity contribution in [3.8, 4) is 17.1 Å². The highest BCUT2D eigenvalue weighted by atomic mass is 16.5. The highest BCUT2D eigenvalue weighted by Gasteiger charge is 2.11. The molecular formula is C19H17NO4. The molecule has 5 nitrogen and oxygen atoms in total. The standard InChI is InChI=1S/C19H17NO4/c1-13-4-3-5-15(10-13)19(21)23-12-16-11-18(24-20-16)14-6-8-17(22-2)9-7-14/h3-11H,12H2,1-2H3. The van der Waals surface area contributed by atoms with Crippen molar-refractivity contribution in [2.45, 2.75) is 13.5 Å². The Bertz CT molecular complexity index is 837. The summed E-state index contributed by atoms with van der Waals surface area (Å²) in [7, 11) is 1.62. The van der Waals surface area contributed by atoms with E-state index in [4.69, 9.17) is 14.0 Å². The number of methoxy groups -OCH3 is 1. The Labute approximate surface area is 139 Å². The van der Waals surface area contributed by atoms with E-state index in [0.29, 0.717) is 17.0 Å². The number of ether oxygens (including phenoxy) is 2. The van der Waals surface area contributed by atoms with Gasteiger partial charge in [0.15, 0.2) is 5.76 Å². The largest absolute Gasteiger partial charge is 0.497 e. The van der Waals surface area contributed by atoms with Gasteiger partial charge in [-0.1, -0.05) is 22.9 Å². The lowest BCUT2D eigenvalue weighted by Crippen LogP contribution is -2.05. The van der Waals surface area contributed by atoms with Crippen molar-refractivity contribution in [3.63, 3.8) is 0 Å². The van der Waals surface area contributed by atoms with Gasteiger partial charge in [0.1, 0.15) is 18.1 Å². The Hall–Kier alpha value is -3.08. The van der Waals surface area contributed by atoms with E-state index in [1.165, 1.54) is 0 Å². The molecule has 0 saturated carbocycles. The molecule has 1 heterocycles. The minimum atomic E-state index is -0.382.